The first-order valence-corrected chi connectivity index (χ1v) is 15.2. The lowest BCUT2D eigenvalue weighted by Gasteiger charge is -2.36. The van der Waals surface area contributed by atoms with Crippen molar-refractivity contribution in [2.75, 3.05) is 49.3 Å². The van der Waals surface area contributed by atoms with Crippen LogP contribution in [0, 0.1) is 0 Å². The molecule has 6 rings (SSSR count). The molecule has 0 radical (unpaired) electrons. The van der Waals surface area contributed by atoms with Crippen LogP contribution in [0.3, 0.4) is 0 Å². The number of benzene rings is 3. The highest BCUT2D eigenvalue weighted by molar-refractivity contribution is 8.14. The Hall–Kier alpha value is -4.64. The topological polar surface area (TPSA) is 107 Å². The summed E-state index contributed by atoms with van der Waals surface area (Å²) in [5.74, 6) is 0.767. The van der Waals surface area contributed by atoms with E-state index >= 15 is 0 Å². The van der Waals surface area contributed by atoms with E-state index in [1.165, 1.54) is 16.7 Å². The first-order chi connectivity index (χ1) is 21.0. The lowest BCUT2D eigenvalue weighted by Crippen LogP contribution is -2.49. The molecule has 0 aliphatic carbocycles. The Morgan fingerprint density at radius 1 is 0.977 bits per heavy atom. The van der Waals surface area contributed by atoms with E-state index in [-0.39, 0.29) is 29.9 Å². The van der Waals surface area contributed by atoms with Crippen LogP contribution in [0.1, 0.15) is 18.4 Å². The van der Waals surface area contributed by atoms with E-state index in [0.29, 0.717) is 47.6 Å². The van der Waals surface area contributed by atoms with E-state index in [1.807, 2.05) is 47.4 Å². The molecule has 3 aromatic rings. The fourth-order valence-corrected chi connectivity index (χ4v) is 6.19. The van der Waals surface area contributed by atoms with Crippen LogP contribution in [0.2, 0.25) is 0 Å². The number of anilines is 2. The minimum Gasteiger partial charge on any atom is -0.497 e. The summed E-state index contributed by atoms with van der Waals surface area (Å²) in [4.78, 5) is 54.6. The van der Waals surface area contributed by atoms with Gasteiger partial charge in [0.1, 0.15) is 17.6 Å². The normalized spacial score (nSPS) is 17.6. The van der Waals surface area contributed by atoms with Gasteiger partial charge in [0.15, 0.2) is 5.17 Å². The molecule has 0 bridgehead atoms. The lowest BCUT2D eigenvalue weighted by atomic mass is 10.1. The van der Waals surface area contributed by atoms with Crippen LogP contribution in [-0.2, 0) is 14.4 Å². The van der Waals surface area contributed by atoms with E-state index in [0.717, 1.165) is 24.3 Å². The molecule has 10 nitrogen and oxygen atoms in total. The van der Waals surface area contributed by atoms with Gasteiger partial charge in [-0.25, -0.2) is 9.89 Å². The van der Waals surface area contributed by atoms with Gasteiger partial charge in [-0.05, 0) is 42.8 Å². The van der Waals surface area contributed by atoms with Crippen molar-refractivity contribution in [1.29, 1.82) is 0 Å². The third-order valence-corrected chi connectivity index (χ3v) is 8.56. The standard InChI is InChI=1S/C32H32N6O4S/c1-42-24-11-7-8-22(20-24)33-28(39)21-43-32-35-26-13-6-5-12-25(26)30-34-27(31(41)38(30)32)14-15-29(40)37-18-16-36(17-19-37)23-9-3-2-4-10-23/h2-13,20,27H,14-19,21H2,1H3,(H,33,39)/t27-/m0/s1. The maximum Gasteiger partial charge on any atom is 0.259 e. The average Bonchev–Trinajstić information content (AvgIpc) is 3.39. The second-order valence-electron chi connectivity index (χ2n) is 10.4. The summed E-state index contributed by atoms with van der Waals surface area (Å²) < 4.78 is 5.23. The van der Waals surface area contributed by atoms with Gasteiger partial charge in [-0.2, -0.15) is 0 Å². The Balaban J connectivity index is 1.08. The third kappa shape index (κ3) is 6.26. The van der Waals surface area contributed by atoms with Gasteiger partial charge in [0.05, 0.1) is 18.6 Å². The van der Waals surface area contributed by atoms with Gasteiger partial charge in [-0.1, -0.05) is 48.2 Å². The first kappa shape index (κ1) is 28.5. The summed E-state index contributed by atoms with van der Waals surface area (Å²) in [5.41, 5.74) is 3.22. The van der Waals surface area contributed by atoms with Gasteiger partial charge >= 0.3 is 0 Å². The minimum absolute atomic E-state index is 0.0310. The molecule has 3 aliphatic rings. The van der Waals surface area contributed by atoms with Crippen LogP contribution in [-0.4, -0.2) is 83.6 Å². The van der Waals surface area contributed by atoms with E-state index in [4.69, 9.17) is 14.7 Å². The largest absolute Gasteiger partial charge is 0.497 e. The van der Waals surface area contributed by atoms with Gasteiger partial charge in [-0.15, -0.1) is 0 Å². The van der Waals surface area contributed by atoms with Crippen LogP contribution >= 0.6 is 11.8 Å². The molecule has 3 heterocycles. The molecule has 3 aliphatic heterocycles. The zero-order valence-corrected chi connectivity index (χ0v) is 24.6. The van der Waals surface area contributed by atoms with Crippen molar-refractivity contribution in [1.82, 2.24) is 9.80 Å². The second-order valence-corrected chi connectivity index (χ2v) is 11.3. The lowest BCUT2D eigenvalue weighted by molar-refractivity contribution is -0.132. The van der Waals surface area contributed by atoms with Crippen molar-refractivity contribution in [2.24, 2.45) is 9.98 Å². The SMILES string of the molecule is COc1cccc(NC(=O)CSC2=Nc3ccccc3C3=N[C@@H](CCC(=O)N4CCN(c5ccccc5)CC4)C(=O)N23)c1. The highest BCUT2D eigenvalue weighted by Gasteiger charge is 2.41. The quantitative estimate of drug-likeness (QED) is 0.419. The summed E-state index contributed by atoms with van der Waals surface area (Å²) in [6, 6.07) is 24.1. The van der Waals surface area contributed by atoms with Crippen LogP contribution < -0.4 is 15.0 Å². The Bertz CT molecular complexity index is 1590. The molecule has 0 unspecified atom stereocenters. The van der Waals surface area contributed by atoms with Crippen LogP contribution in [0.5, 0.6) is 5.75 Å². The number of amides is 3. The maximum absolute atomic E-state index is 13.6. The summed E-state index contributed by atoms with van der Waals surface area (Å²) in [6.07, 6.45) is 0.545. The van der Waals surface area contributed by atoms with E-state index < -0.39 is 6.04 Å². The van der Waals surface area contributed by atoms with Gasteiger partial charge in [0.2, 0.25) is 11.8 Å². The van der Waals surface area contributed by atoms with Gasteiger partial charge in [0, 0.05) is 55.6 Å². The Morgan fingerprint density at radius 3 is 2.53 bits per heavy atom. The van der Waals surface area contributed by atoms with Gasteiger partial charge in [0.25, 0.3) is 5.91 Å². The zero-order valence-electron chi connectivity index (χ0n) is 23.8. The number of nitrogens with one attached hydrogen (secondary N) is 1. The molecular weight excluding hydrogens is 564 g/mol. The molecule has 1 atom stereocenters. The van der Waals surface area contributed by atoms with Gasteiger partial charge in [-0.3, -0.25) is 19.4 Å². The molecule has 0 spiro atoms. The molecule has 3 aromatic carbocycles. The van der Waals surface area contributed by atoms with Crippen molar-refractivity contribution < 1.29 is 19.1 Å². The smallest absolute Gasteiger partial charge is 0.259 e. The molecule has 1 N–H and O–H groups in total. The fourth-order valence-electron chi connectivity index (χ4n) is 5.39. The van der Waals surface area contributed by atoms with Crippen molar-refractivity contribution in [3.8, 4) is 5.75 Å². The summed E-state index contributed by atoms with van der Waals surface area (Å²) >= 11 is 1.18. The number of piperazine rings is 1. The Kier molecular flexibility index (Phi) is 8.41. The molecule has 11 heteroatoms. The number of thioether (sulfide) groups is 1. The summed E-state index contributed by atoms with van der Waals surface area (Å²) in [7, 11) is 1.57. The minimum atomic E-state index is -0.688. The number of fused-ring (bicyclic) bond motifs is 3. The van der Waals surface area contributed by atoms with Crippen LogP contribution in [0.15, 0.2) is 88.8 Å². The highest BCUT2D eigenvalue weighted by Crippen LogP contribution is 2.34. The van der Waals surface area contributed by atoms with E-state index in [1.54, 1.807) is 31.4 Å². The molecule has 3 amide bonds. The number of hydrogen-bond acceptors (Lipinski definition) is 8. The summed E-state index contributed by atoms with van der Waals surface area (Å²) in [6.45, 7) is 2.83. The molecular formula is C32H32N6O4S. The van der Waals surface area contributed by atoms with Crippen LogP contribution in [0.25, 0.3) is 0 Å². The van der Waals surface area contributed by atoms with Crippen molar-refractivity contribution >= 4 is 57.5 Å². The van der Waals surface area contributed by atoms with Crippen molar-refractivity contribution in [3.05, 3.63) is 84.4 Å². The van der Waals surface area contributed by atoms with Crippen molar-refractivity contribution in [3.63, 3.8) is 0 Å². The number of carbonyl (C=O) groups is 3. The number of hydrogen-bond donors (Lipinski definition) is 1. The number of nitrogens with zero attached hydrogens (tertiary/aromatic N) is 5. The first-order valence-electron chi connectivity index (χ1n) is 14.2. The molecule has 220 valence electrons. The molecule has 0 saturated carbocycles. The predicted molar refractivity (Wildman–Crippen MR) is 169 cm³/mol. The Morgan fingerprint density at radius 2 is 1.74 bits per heavy atom. The van der Waals surface area contributed by atoms with E-state index in [9.17, 15) is 14.4 Å². The number of ether oxygens (including phenoxy) is 1. The second kappa shape index (κ2) is 12.7. The molecule has 43 heavy (non-hydrogen) atoms. The third-order valence-electron chi connectivity index (χ3n) is 7.62. The fraction of sp³-hybridized carbons (Fsp3) is 0.281. The number of amidine groups is 2. The molecule has 0 aromatic heterocycles. The number of rotatable bonds is 8. The van der Waals surface area contributed by atoms with Crippen LogP contribution in [0.4, 0.5) is 17.1 Å². The molecule has 1 fully saturated rings. The molecule has 1 saturated heterocycles. The van der Waals surface area contributed by atoms with Gasteiger partial charge < -0.3 is 19.9 Å². The number of aliphatic imine (C=N–C) groups is 2. The number of para-hydroxylation sites is 2. The predicted octanol–water partition coefficient (Wildman–Crippen LogP) is 4.15. The maximum atomic E-state index is 13.6. The van der Waals surface area contributed by atoms with Crippen molar-refractivity contribution in [2.45, 2.75) is 18.9 Å². The summed E-state index contributed by atoms with van der Waals surface area (Å²) in [5, 5.41) is 3.25. The average molecular weight is 597 g/mol. The zero-order chi connectivity index (χ0) is 29.8. The Labute approximate surface area is 254 Å². The van der Waals surface area contributed by atoms with E-state index in [2.05, 4.69) is 22.3 Å². The number of carbonyl (C=O) groups excluding carboxylic acids is 3. The number of methoxy groups -OCH3 is 1. The monoisotopic (exact) mass is 596 g/mol. The highest BCUT2D eigenvalue weighted by atomic mass is 32.2.